The number of aromatic nitrogens is 3. The summed E-state index contributed by atoms with van der Waals surface area (Å²) in [7, 11) is 0. The highest BCUT2D eigenvalue weighted by molar-refractivity contribution is 6.31. The number of nitrogens with one attached hydrogen (secondary N) is 4. The van der Waals surface area contributed by atoms with Crippen LogP contribution in [0, 0.1) is 5.92 Å². The first kappa shape index (κ1) is 18.2. The van der Waals surface area contributed by atoms with Gasteiger partial charge in [0.25, 0.3) is 5.56 Å². The molecule has 0 amide bonds. The van der Waals surface area contributed by atoms with E-state index in [0.29, 0.717) is 27.8 Å². The van der Waals surface area contributed by atoms with Crippen LogP contribution in [0.5, 0.6) is 0 Å². The first-order valence-corrected chi connectivity index (χ1v) is 10.3. The Balaban J connectivity index is 1.65. The van der Waals surface area contributed by atoms with E-state index in [9.17, 15) is 4.79 Å². The van der Waals surface area contributed by atoms with Gasteiger partial charge in [0.05, 0.1) is 22.2 Å². The molecular formula is C22H22ClN5O. The number of fused-ring (bicyclic) bond motifs is 2. The Morgan fingerprint density at radius 2 is 2.03 bits per heavy atom. The maximum Gasteiger partial charge on any atom is 0.261 e. The van der Waals surface area contributed by atoms with Crippen LogP contribution in [-0.2, 0) is 0 Å². The Morgan fingerprint density at radius 3 is 2.86 bits per heavy atom. The monoisotopic (exact) mass is 407 g/mol. The summed E-state index contributed by atoms with van der Waals surface area (Å²) in [6.45, 7) is 2.86. The van der Waals surface area contributed by atoms with Gasteiger partial charge in [-0.25, -0.2) is 4.98 Å². The number of pyridine rings is 1. The number of nitrogens with zero attached hydrogens (tertiary/aromatic N) is 1. The van der Waals surface area contributed by atoms with E-state index in [1.807, 2.05) is 36.4 Å². The number of aromatic amines is 2. The van der Waals surface area contributed by atoms with Gasteiger partial charge in [-0.1, -0.05) is 23.7 Å². The van der Waals surface area contributed by atoms with Crippen molar-refractivity contribution < 1.29 is 0 Å². The van der Waals surface area contributed by atoms with Gasteiger partial charge in [-0.2, -0.15) is 0 Å². The number of halogens is 1. The maximum atomic E-state index is 13.1. The third-order valence-electron chi connectivity index (χ3n) is 5.57. The molecule has 1 aliphatic rings. The smallest absolute Gasteiger partial charge is 0.261 e. The average molecular weight is 408 g/mol. The molecule has 1 fully saturated rings. The minimum atomic E-state index is -0.192. The SMILES string of the molecule is O=c1[nH]c2cc(Cl)ccc2c(NCC2CCCNC2)c1-c1nc2ccccc2[nH]1. The number of anilines is 1. The molecule has 148 valence electrons. The van der Waals surface area contributed by atoms with Crippen LogP contribution in [-0.4, -0.2) is 34.6 Å². The second kappa shape index (κ2) is 7.54. The second-order valence-electron chi connectivity index (χ2n) is 7.59. The third-order valence-corrected chi connectivity index (χ3v) is 5.80. The van der Waals surface area contributed by atoms with Crippen LogP contribution in [0.25, 0.3) is 33.3 Å². The number of hydrogen-bond donors (Lipinski definition) is 4. The Hall–Kier alpha value is -2.83. The van der Waals surface area contributed by atoms with Crippen LogP contribution in [0.15, 0.2) is 47.3 Å². The highest BCUT2D eigenvalue weighted by atomic mass is 35.5. The van der Waals surface area contributed by atoms with Crippen LogP contribution in [0.3, 0.4) is 0 Å². The van der Waals surface area contributed by atoms with Gasteiger partial charge in [-0.15, -0.1) is 0 Å². The summed E-state index contributed by atoms with van der Waals surface area (Å²) in [5, 5.41) is 8.53. The summed E-state index contributed by atoms with van der Waals surface area (Å²) >= 11 is 6.16. The lowest BCUT2D eigenvalue weighted by molar-refractivity contribution is 0.393. The second-order valence-corrected chi connectivity index (χ2v) is 8.03. The zero-order chi connectivity index (χ0) is 19.8. The van der Waals surface area contributed by atoms with Crippen molar-refractivity contribution in [3.63, 3.8) is 0 Å². The van der Waals surface area contributed by atoms with Crippen LogP contribution in [0.2, 0.25) is 5.02 Å². The molecule has 1 aliphatic heterocycles. The zero-order valence-electron chi connectivity index (χ0n) is 15.9. The van der Waals surface area contributed by atoms with E-state index in [-0.39, 0.29) is 5.56 Å². The van der Waals surface area contributed by atoms with Gasteiger partial charge >= 0.3 is 0 Å². The van der Waals surface area contributed by atoms with Gasteiger partial charge in [0, 0.05) is 17.0 Å². The van der Waals surface area contributed by atoms with Crippen molar-refractivity contribution in [2.75, 3.05) is 25.0 Å². The van der Waals surface area contributed by atoms with Crippen LogP contribution < -0.4 is 16.2 Å². The van der Waals surface area contributed by atoms with Crippen molar-refractivity contribution in [1.82, 2.24) is 20.3 Å². The van der Waals surface area contributed by atoms with Gasteiger partial charge in [-0.3, -0.25) is 4.79 Å². The van der Waals surface area contributed by atoms with Crippen molar-refractivity contribution in [1.29, 1.82) is 0 Å². The van der Waals surface area contributed by atoms with Crippen molar-refractivity contribution >= 4 is 39.2 Å². The van der Waals surface area contributed by atoms with Gasteiger partial charge in [0.2, 0.25) is 0 Å². The summed E-state index contributed by atoms with van der Waals surface area (Å²) in [5.41, 5.74) is 3.58. The largest absolute Gasteiger partial charge is 0.383 e. The standard InChI is InChI=1S/C22H22ClN5O/c23-14-7-8-15-18(10-14)28-22(29)19(20(15)25-12-13-4-3-9-24-11-13)21-26-16-5-1-2-6-17(16)27-21/h1-2,5-8,10,13,24H,3-4,9,11-12H2,(H,26,27)(H2,25,28,29). The average Bonchev–Trinajstić information content (AvgIpc) is 3.15. The fraction of sp³-hybridized carbons (Fsp3) is 0.273. The van der Waals surface area contributed by atoms with Crippen LogP contribution in [0.4, 0.5) is 5.69 Å². The van der Waals surface area contributed by atoms with Gasteiger partial charge in [0.15, 0.2) is 0 Å². The molecule has 7 heteroatoms. The Bertz CT molecular complexity index is 1210. The third kappa shape index (κ3) is 3.50. The molecule has 2 aromatic carbocycles. The van der Waals surface area contributed by atoms with Crippen molar-refractivity contribution in [3.8, 4) is 11.4 Å². The highest BCUT2D eigenvalue weighted by Gasteiger charge is 2.20. The molecule has 4 N–H and O–H groups in total. The number of hydrogen-bond acceptors (Lipinski definition) is 4. The quantitative estimate of drug-likeness (QED) is 0.409. The predicted octanol–water partition coefficient (Wildman–Crippen LogP) is 4.14. The van der Waals surface area contributed by atoms with E-state index in [1.165, 1.54) is 12.8 Å². The fourth-order valence-corrected chi connectivity index (χ4v) is 4.27. The molecule has 0 aliphatic carbocycles. The minimum absolute atomic E-state index is 0.192. The Labute approximate surface area is 172 Å². The molecule has 0 spiro atoms. The fourth-order valence-electron chi connectivity index (χ4n) is 4.10. The van der Waals surface area contributed by atoms with E-state index in [2.05, 4.69) is 25.6 Å². The van der Waals surface area contributed by atoms with E-state index in [1.54, 1.807) is 6.07 Å². The van der Waals surface area contributed by atoms with Crippen molar-refractivity contribution in [3.05, 3.63) is 57.8 Å². The molecule has 5 rings (SSSR count). The molecule has 1 saturated heterocycles. The molecule has 3 heterocycles. The molecule has 6 nitrogen and oxygen atoms in total. The molecule has 29 heavy (non-hydrogen) atoms. The van der Waals surface area contributed by atoms with Gasteiger partial charge in [-0.05, 0) is 62.2 Å². The molecule has 1 unspecified atom stereocenters. The van der Waals surface area contributed by atoms with Crippen molar-refractivity contribution in [2.45, 2.75) is 12.8 Å². The lowest BCUT2D eigenvalue weighted by Crippen LogP contribution is -2.33. The summed E-state index contributed by atoms with van der Waals surface area (Å²) in [6, 6.07) is 13.4. The van der Waals surface area contributed by atoms with E-state index < -0.39 is 0 Å². The van der Waals surface area contributed by atoms with Gasteiger partial charge < -0.3 is 20.6 Å². The normalized spacial score (nSPS) is 17.1. The topological polar surface area (TPSA) is 85.6 Å². The number of para-hydroxylation sites is 2. The Kier molecular flexibility index (Phi) is 4.73. The number of rotatable bonds is 4. The van der Waals surface area contributed by atoms with E-state index in [4.69, 9.17) is 11.6 Å². The maximum absolute atomic E-state index is 13.1. The van der Waals surface area contributed by atoms with Crippen LogP contribution in [0.1, 0.15) is 12.8 Å². The van der Waals surface area contributed by atoms with E-state index in [0.717, 1.165) is 41.7 Å². The molecule has 2 aromatic heterocycles. The minimum Gasteiger partial charge on any atom is -0.383 e. The predicted molar refractivity (Wildman–Crippen MR) is 119 cm³/mol. The van der Waals surface area contributed by atoms with Crippen LogP contribution >= 0.6 is 11.6 Å². The molecule has 1 atom stereocenters. The number of benzene rings is 2. The first-order valence-electron chi connectivity index (χ1n) is 9.94. The molecule has 0 radical (unpaired) electrons. The molecule has 0 saturated carbocycles. The molecular weight excluding hydrogens is 386 g/mol. The highest BCUT2D eigenvalue weighted by Crippen LogP contribution is 2.32. The summed E-state index contributed by atoms with van der Waals surface area (Å²) in [5.74, 6) is 1.09. The summed E-state index contributed by atoms with van der Waals surface area (Å²) in [6.07, 6.45) is 2.35. The molecule has 0 bridgehead atoms. The lowest BCUT2D eigenvalue weighted by atomic mass is 9.99. The van der Waals surface area contributed by atoms with Crippen molar-refractivity contribution in [2.24, 2.45) is 5.92 Å². The number of piperidine rings is 1. The first-order chi connectivity index (χ1) is 14.2. The molecule has 4 aromatic rings. The van der Waals surface area contributed by atoms with E-state index >= 15 is 0 Å². The lowest BCUT2D eigenvalue weighted by Gasteiger charge is -2.24. The Morgan fingerprint density at radius 1 is 1.14 bits per heavy atom. The number of imidazole rings is 1. The zero-order valence-corrected chi connectivity index (χ0v) is 16.6. The van der Waals surface area contributed by atoms with Gasteiger partial charge in [0.1, 0.15) is 11.4 Å². The summed E-state index contributed by atoms with van der Waals surface area (Å²) in [4.78, 5) is 24.0. The number of H-pyrrole nitrogens is 2. The summed E-state index contributed by atoms with van der Waals surface area (Å²) < 4.78 is 0.